The molecule has 0 atom stereocenters. The molecule has 0 saturated carbocycles. The first-order valence-corrected chi connectivity index (χ1v) is 13.4. The van der Waals surface area contributed by atoms with Crippen molar-refractivity contribution < 1.29 is 27.8 Å². The first kappa shape index (κ1) is 26.7. The van der Waals surface area contributed by atoms with E-state index in [1.807, 2.05) is 0 Å². The number of carbonyl (C=O) groups is 1. The lowest BCUT2D eigenvalue weighted by Crippen LogP contribution is -2.15. The van der Waals surface area contributed by atoms with Crippen molar-refractivity contribution in [3.63, 3.8) is 0 Å². The second kappa shape index (κ2) is 10.9. The number of carboxylic acid groups (broad SMARTS) is 1. The molecule has 194 valence electrons. The average Bonchev–Trinajstić information content (AvgIpc) is 3.36. The molecule has 0 saturated heterocycles. The Bertz CT molecular complexity index is 1660. The van der Waals surface area contributed by atoms with Crippen LogP contribution in [0.3, 0.4) is 0 Å². The molecule has 6 N–H and O–H groups in total. The number of aliphatic hydroxyl groups excluding tert-OH is 1. The number of allylic oxidation sites excluding steroid dienone is 1. The molecule has 0 aliphatic heterocycles. The minimum Gasteiger partial charge on any atom is -0.494 e. The molecule has 0 aliphatic carbocycles. The minimum atomic E-state index is -3.91. The van der Waals surface area contributed by atoms with Crippen molar-refractivity contribution in [1.82, 2.24) is 4.98 Å². The first-order chi connectivity index (χ1) is 18.0. The third kappa shape index (κ3) is 6.11. The monoisotopic (exact) mass is 552 g/mol. The number of hydrogen-bond acceptors (Lipinski definition) is 8. The fourth-order valence-corrected chi connectivity index (χ4v) is 4.81. The van der Waals surface area contributed by atoms with E-state index in [0.717, 1.165) is 11.3 Å². The summed E-state index contributed by atoms with van der Waals surface area (Å²) >= 11 is 0.953. The Kier molecular flexibility index (Phi) is 7.67. The maximum atomic E-state index is 14.4. The van der Waals surface area contributed by atoms with Crippen molar-refractivity contribution in [3.8, 4) is 11.1 Å². The predicted octanol–water partition coefficient (Wildman–Crippen LogP) is 4.79. The summed E-state index contributed by atoms with van der Waals surface area (Å²) in [6.45, 7) is 0. The van der Waals surface area contributed by atoms with Crippen LogP contribution in [0.5, 0.6) is 0 Å². The van der Waals surface area contributed by atoms with Gasteiger partial charge in [0, 0.05) is 28.5 Å². The van der Waals surface area contributed by atoms with Crippen molar-refractivity contribution in [2.75, 3.05) is 5.32 Å². The smallest absolute Gasteiger partial charge is 0.355 e. The summed E-state index contributed by atoms with van der Waals surface area (Å²) in [7, 11) is -3.91. The van der Waals surface area contributed by atoms with Crippen LogP contribution in [0.1, 0.15) is 21.6 Å². The summed E-state index contributed by atoms with van der Waals surface area (Å²) in [6, 6.07) is 18.5. The number of aliphatic hydroxyl groups is 1. The first-order valence-electron chi connectivity index (χ1n) is 11.0. The van der Waals surface area contributed by atoms with Crippen LogP contribution in [0.4, 0.5) is 9.52 Å². The van der Waals surface area contributed by atoms with Crippen LogP contribution in [0.15, 0.2) is 94.5 Å². The van der Waals surface area contributed by atoms with E-state index in [9.17, 15) is 22.7 Å². The van der Waals surface area contributed by atoms with Crippen molar-refractivity contribution in [3.05, 3.63) is 112 Å². The van der Waals surface area contributed by atoms with E-state index >= 15 is 0 Å². The van der Waals surface area contributed by atoms with Gasteiger partial charge in [-0.25, -0.2) is 27.7 Å². The lowest BCUT2D eigenvalue weighted by molar-refractivity contribution is 0.0691. The number of nitrogens with zero attached hydrogens (tertiary/aromatic N) is 1. The van der Waals surface area contributed by atoms with E-state index < -0.39 is 27.7 Å². The van der Waals surface area contributed by atoms with E-state index in [-0.39, 0.29) is 33.4 Å². The highest BCUT2D eigenvalue weighted by atomic mass is 32.2. The Balaban J connectivity index is 1.73. The summed E-state index contributed by atoms with van der Waals surface area (Å²) in [5.41, 5.74) is 1.60. The second-order valence-corrected chi connectivity index (χ2v) is 10.5. The summed E-state index contributed by atoms with van der Waals surface area (Å²) in [5, 5.41) is 38.2. The van der Waals surface area contributed by atoms with Gasteiger partial charge in [0.1, 0.15) is 5.82 Å². The molecule has 4 rings (SSSR count). The number of aromatic nitrogens is 1. The number of rotatable bonds is 9. The number of nitrogens with one attached hydrogen (secondary N) is 2. The summed E-state index contributed by atoms with van der Waals surface area (Å²) < 4.78 is 37.6. The number of anilines is 1. The molecule has 3 aromatic carbocycles. The molecule has 9 nitrogen and oxygen atoms in total. The zero-order valence-electron chi connectivity index (χ0n) is 19.6. The molecule has 1 aromatic heterocycles. The van der Waals surface area contributed by atoms with Crippen LogP contribution < -0.4 is 10.5 Å². The molecule has 0 aliphatic rings. The van der Waals surface area contributed by atoms with Crippen molar-refractivity contribution in [1.29, 1.82) is 5.41 Å². The van der Waals surface area contributed by atoms with Crippen LogP contribution in [0.2, 0.25) is 0 Å². The van der Waals surface area contributed by atoms with E-state index in [0.29, 0.717) is 22.3 Å². The number of halogens is 1. The van der Waals surface area contributed by atoms with Crippen LogP contribution in [0.25, 0.3) is 11.1 Å². The topological polar surface area (TPSA) is 166 Å². The Hall–Kier alpha value is -4.39. The molecule has 0 unspecified atom stereocenters. The fourth-order valence-electron chi connectivity index (χ4n) is 3.61. The third-order valence-electron chi connectivity index (χ3n) is 5.51. The maximum absolute atomic E-state index is 14.4. The average molecular weight is 553 g/mol. The SMILES string of the molecule is N=C(/C(Cc1ccc(S(N)(=O)=O)cc1)=C(/O)Nc1nc(C(=O)O)cs1)c1cccc(-c2ccccc2F)c1. The zero-order valence-corrected chi connectivity index (χ0v) is 21.2. The van der Waals surface area contributed by atoms with Crippen LogP contribution in [-0.2, 0) is 16.4 Å². The third-order valence-corrected chi connectivity index (χ3v) is 7.19. The zero-order chi connectivity index (χ0) is 27.4. The lowest BCUT2D eigenvalue weighted by Gasteiger charge is -2.15. The Morgan fingerprint density at radius 2 is 1.76 bits per heavy atom. The molecule has 0 bridgehead atoms. The molecule has 38 heavy (non-hydrogen) atoms. The van der Waals surface area contributed by atoms with Crippen molar-refractivity contribution in [2.45, 2.75) is 11.3 Å². The van der Waals surface area contributed by atoms with Gasteiger partial charge in [0.15, 0.2) is 16.7 Å². The van der Waals surface area contributed by atoms with Gasteiger partial charge in [-0.05, 0) is 35.4 Å². The number of hydrogen-bond donors (Lipinski definition) is 5. The van der Waals surface area contributed by atoms with E-state index in [2.05, 4.69) is 10.3 Å². The number of thiazole rings is 1. The predicted molar refractivity (Wildman–Crippen MR) is 143 cm³/mol. The van der Waals surface area contributed by atoms with Gasteiger partial charge >= 0.3 is 5.97 Å². The van der Waals surface area contributed by atoms with Gasteiger partial charge in [-0.1, -0.05) is 48.5 Å². The maximum Gasteiger partial charge on any atom is 0.355 e. The van der Waals surface area contributed by atoms with Crippen molar-refractivity contribution >= 4 is 38.2 Å². The van der Waals surface area contributed by atoms with Crippen molar-refractivity contribution in [2.24, 2.45) is 5.14 Å². The fraction of sp³-hybridized carbons (Fsp3) is 0.0385. The van der Waals surface area contributed by atoms with Gasteiger partial charge < -0.3 is 15.5 Å². The standard InChI is InChI=1S/C26H21FN4O5S2/c27-21-7-2-1-6-19(21)16-4-3-5-17(13-16)23(28)20(12-15-8-10-18(11-9-15)38(29,35)36)24(32)31-26-30-22(14-37-26)25(33)34/h1-11,13-14,28,32H,12H2,(H,30,31)(H,33,34)(H2,29,35,36)/b24-20+,28-23?. The number of aromatic carboxylic acids is 1. The molecular weight excluding hydrogens is 531 g/mol. The Labute approximate surface area is 221 Å². The molecule has 0 fully saturated rings. The van der Waals surface area contributed by atoms with Crippen LogP contribution in [-0.4, -0.2) is 35.3 Å². The molecule has 4 aromatic rings. The molecule has 0 radical (unpaired) electrons. The number of carboxylic acids is 1. The summed E-state index contributed by atoms with van der Waals surface area (Å²) in [4.78, 5) is 15.0. The minimum absolute atomic E-state index is 0.0103. The Morgan fingerprint density at radius 3 is 2.39 bits per heavy atom. The number of sulfonamides is 1. The number of primary sulfonamides is 1. The molecule has 0 amide bonds. The summed E-state index contributed by atoms with van der Waals surface area (Å²) in [6.07, 6.45) is -0.0103. The Morgan fingerprint density at radius 1 is 1.05 bits per heavy atom. The van der Waals surface area contributed by atoms with Gasteiger partial charge in [-0.2, -0.15) is 0 Å². The van der Waals surface area contributed by atoms with Gasteiger partial charge in [0.2, 0.25) is 10.0 Å². The van der Waals surface area contributed by atoms with Gasteiger partial charge in [-0.15, -0.1) is 11.3 Å². The van der Waals surface area contributed by atoms with E-state index in [1.165, 1.54) is 35.7 Å². The molecular formula is C26H21FN4O5S2. The number of benzene rings is 3. The number of nitrogens with two attached hydrogens (primary N) is 1. The van der Waals surface area contributed by atoms with E-state index in [4.69, 9.17) is 15.7 Å². The quantitative estimate of drug-likeness (QED) is 0.147. The van der Waals surface area contributed by atoms with Gasteiger partial charge in [0.05, 0.1) is 10.6 Å². The largest absolute Gasteiger partial charge is 0.494 e. The van der Waals surface area contributed by atoms with Gasteiger partial charge in [0.25, 0.3) is 0 Å². The van der Waals surface area contributed by atoms with E-state index in [1.54, 1.807) is 42.5 Å². The highest BCUT2D eigenvalue weighted by Gasteiger charge is 2.19. The summed E-state index contributed by atoms with van der Waals surface area (Å²) in [5.74, 6) is -2.11. The van der Waals surface area contributed by atoms with Crippen LogP contribution >= 0.6 is 11.3 Å². The van der Waals surface area contributed by atoms with Crippen LogP contribution in [0, 0.1) is 11.2 Å². The molecule has 0 spiro atoms. The highest BCUT2D eigenvalue weighted by Crippen LogP contribution is 2.26. The molecule has 1 heterocycles. The normalized spacial score (nSPS) is 12.1. The second-order valence-electron chi connectivity index (χ2n) is 8.10. The van der Waals surface area contributed by atoms with Gasteiger partial charge in [-0.3, -0.25) is 5.41 Å². The highest BCUT2D eigenvalue weighted by molar-refractivity contribution is 7.89. The molecule has 12 heteroatoms. The lowest BCUT2D eigenvalue weighted by atomic mass is 9.94.